The second-order valence-corrected chi connectivity index (χ2v) is 2.60. The Kier molecular flexibility index (Phi) is 4.45. The molecule has 0 aliphatic heterocycles. The Labute approximate surface area is 66.1 Å². The third-order valence-electron chi connectivity index (χ3n) is 1.29. The van der Waals surface area contributed by atoms with E-state index in [0.29, 0.717) is 0 Å². The van der Waals surface area contributed by atoms with Crippen molar-refractivity contribution in [3.63, 3.8) is 0 Å². The van der Waals surface area contributed by atoms with Gasteiger partial charge in [-0.1, -0.05) is 13.8 Å². The molecular formula is C7H14N2O2. The minimum atomic E-state index is -0.293. The number of carbonyl (C=O) groups excluding carboxylic acids is 2. The topological polar surface area (TPSA) is 72.2 Å². The van der Waals surface area contributed by atoms with Crippen LogP contribution in [0.15, 0.2) is 0 Å². The number of rotatable bonds is 4. The molecule has 0 radical (unpaired) electrons. The molecule has 11 heavy (non-hydrogen) atoms. The Bertz CT molecular complexity index is 155. The highest BCUT2D eigenvalue weighted by molar-refractivity contribution is 5.87. The second kappa shape index (κ2) is 4.85. The predicted octanol–water partition coefficient (Wildman–Crippen LogP) is -0.714. The number of amides is 1. The predicted molar refractivity (Wildman–Crippen MR) is 41.9 cm³/mol. The Balaban J connectivity index is 3.54. The number of hydrogen-bond acceptors (Lipinski definition) is 3. The summed E-state index contributed by atoms with van der Waals surface area (Å²) in [5, 5.41) is 2.40. The maximum absolute atomic E-state index is 10.9. The van der Waals surface area contributed by atoms with Crippen LogP contribution in [0.4, 0.5) is 0 Å². The highest BCUT2D eigenvalue weighted by atomic mass is 16.2. The van der Waals surface area contributed by atoms with Crippen LogP contribution < -0.4 is 11.1 Å². The van der Waals surface area contributed by atoms with Crippen molar-refractivity contribution in [1.82, 2.24) is 5.32 Å². The van der Waals surface area contributed by atoms with Crippen LogP contribution in [0.5, 0.6) is 0 Å². The van der Waals surface area contributed by atoms with Crippen molar-refractivity contribution in [1.29, 1.82) is 0 Å². The molecule has 0 aromatic rings. The lowest BCUT2D eigenvalue weighted by molar-refractivity contribution is -0.125. The Hall–Kier alpha value is -0.900. The van der Waals surface area contributed by atoms with Crippen molar-refractivity contribution in [2.75, 3.05) is 13.1 Å². The quantitative estimate of drug-likeness (QED) is 0.567. The molecule has 0 saturated carbocycles. The first-order chi connectivity index (χ1) is 5.07. The van der Waals surface area contributed by atoms with Crippen LogP contribution in [0.3, 0.4) is 0 Å². The van der Waals surface area contributed by atoms with Gasteiger partial charge in [0.25, 0.3) is 0 Å². The first-order valence-electron chi connectivity index (χ1n) is 3.57. The zero-order chi connectivity index (χ0) is 8.85. The van der Waals surface area contributed by atoms with E-state index in [2.05, 4.69) is 5.32 Å². The monoisotopic (exact) mass is 158 g/mol. The third kappa shape index (κ3) is 4.50. The van der Waals surface area contributed by atoms with E-state index in [1.165, 1.54) is 0 Å². The van der Waals surface area contributed by atoms with Crippen LogP contribution in [-0.4, -0.2) is 24.8 Å². The summed E-state index contributed by atoms with van der Waals surface area (Å²) in [5.74, 6) is -0.307. The van der Waals surface area contributed by atoms with Crippen molar-refractivity contribution in [2.45, 2.75) is 13.8 Å². The molecule has 0 saturated heterocycles. The van der Waals surface area contributed by atoms with E-state index in [4.69, 9.17) is 5.73 Å². The molecule has 3 N–H and O–H groups in total. The summed E-state index contributed by atoms with van der Waals surface area (Å²) in [6, 6.07) is 0. The first kappa shape index (κ1) is 10.1. The summed E-state index contributed by atoms with van der Waals surface area (Å²) in [6.45, 7) is 3.60. The van der Waals surface area contributed by atoms with Gasteiger partial charge in [-0.3, -0.25) is 9.59 Å². The largest absolute Gasteiger partial charge is 0.348 e. The van der Waals surface area contributed by atoms with Crippen LogP contribution >= 0.6 is 0 Å². The molecule has 0 atom stereocenters. The van der Waals surface area contributed by atoms with Gasteiger partial charge in [-0.2, -0.15) is 0 Å². The van der Waals surface area contributed by atoms with Crippen molar-refractivity contribution in [2.24, 2.45) is 11.7 Å². The Morgan fingerprint density at radius 2 is 2.00 bits per heavy atom. The molecule has 4 nitrogen and oxygen atoms in total. The van der Waals surface area contributed by atoms with E-state index in [1.54, 1.807) is 13.8 Å². The fraction of sp³-hybridized carbons (Fsp3) is 0.714. The maximum atomic E-state index is 10.9. The average molecular weight is 158 g/mol. The normalized spacial score (nSPS) is 9.82. The van der Waals surface area contributed by atoms with E-state index in [-0.39, 0.29) is 30.7 Å². The molecule has 0 aliphatic carbocycles. The molecule has 0 spiro atoms. The van der Waals surface area contributed by atoms with Gasteiger partial charge in [0.05, 0.1) is 13.1 Å². The number of nitrogens with one attached hydrogen (secondary N) is 1. The first-order valence-corrected chi connectivity index (χ1v) is 3.57. The smallest absolute Gasteiger partial charge is 0.234 e. The zero-order valence-electron chi connectivity index (χ0n) is 6.89. The van der Waals surface area contributed by atoms with E-state index in [0.717, 1.165) is 0 Å². The van der Waals surface area contributed by atoms with E-state index >= 15 is 0 Å². The van der Waals surface area contributed by atoms with Gasteiger partial charge >= 0.3 is 0 Å². The van der Waals surface area contributed by atoms with Crippen molar-refractivity contribution < 1.29 is 9.59 Å². The molecule has 0 aliphatic rings. The zero-order valence-corrected chi connectivity index (χ0v) is 6.89. The minimum absolute atomic E-state index is 0.0202. The van der Waals surface area contributed by atoms with Gasteiger partial charge in [-0.05, 0) is 0 Å². The van der Waals surface area contributed by atoms with E-state index in [9.17, 15) is 9.59 Å². The minimum Gasteiger partial charge on any atom is -0.348 e. The van der Waals surface area contributed by atoms with Gasteiger partial charge in [-0.25, -0.2) is 0 Å². The summed E-state index contributed by atoms with van der Waals surface area (Å²) in [4.78, 5) is 21.5. The summed E-state index contributed by atoms with van der Waals surface area (Å²) in [7, 11) is 0. The summed E-state index contributed by atoms with van der Waals surface area (Å²) < 4.78 is 0. The highest BCUT2D eigenvalue weighted by Crippen LogP contribution is 1.91. The number of ketones is 1. The molecule has 0 aromatic heterocycles. The highest BCUT2D eigenvalue weighted by Gasteiger charge is 2.07. The van der Waals surface area contributed by atoms with Crippen LogP contribution in [0.25, 0.3) is 0 Å². The van der Waals surface area contributed by atoms with Crippen molar-refractivity contribution >= 4 is 11.7 Å². The molecule has 0 rings (SSSR count). The van der Waals surface area contributed by atoms with Crippen LogP contribution in [0, 0.1) is 5.92 Å². The molecule has 0 bridgehead atoms. The second-order valence-electron chi connectivity index (χ2n) is 2.60. The van der Waals surface area contributed by atoms with E-state index in [1.807, 2.05) is 0 Å². The molecule has 1 amide bonds. The van der Waals surface area contributed by atoms with Gasteiger partial charge < -0.3 is 11.1 Å². The average Bonchev–Trinajstić information content (AvgIpc) is 1.99. The van der Waals surface area contributed by atoms with Gasteiger partial charge in [-0.15, -0.1) is 0 Å². The molecule has 0 aromatic carbocycles. The van der Waals surface area contributed by atoms with Gasteiger partial charge in [0.2, 0.25) is 5.91 Å². The van der Waals surface area contributed by atoms with Gasteiger partial charge in [0.1, 0.15) is 0 Å². The van der Waals surface area contributed by atoms with Crippen LogP contribution in [-0.2, 0) is 9.59 Å². The Morgan fingerprint density at radius 3 is 2.36 bits per heavy atom. The molecule has 64 valence electrons. The molecule has 0 unspecified atom stereocenters. The number of hydrogen-bond donors (Lipinski definition) is 2. The fourth-order valence-electron chi connectivity index (χ4n) is 0.462. The lowest BCUT2D eigenvalue weighted by Gasteiger charge is -2.04. The summed E-state index contributed by atoms with van der Waals surface area (Å²) in [5.41, 5.74) is 5.01. The van der Waals surface area contributed by atoms with Crippen LogP contribution in [0.1, 0.15) is 13.8 Å². The summed E-state index contributed by atoms with van der Waals surface area (Å²) >= 11 is 0. The van der Waals surface area contributed by atoms with Crippen LogP contribution in [0.2, 0.25) is 0 Å². The lowest BCUT2D eigenvalue weighted by Crippen LogP contribution is -2.35. The Morgan fingerprint density at radius 1 is 1.45 bits per heavy atom. The van der Waals surface area contributed by atoms with Gasteiger partial charge in [0.15, 0.2) is 5.78 Å². The van der Waals surface area contributed by atoms with Gasteiger partial charge in [0, 0.05) is 5.92 Å². The standard InChI is InChI=1S/C7H14N2O2/c1-5(2)6(10)4-9-7(11)3-8/h5H,3-4,8H2,1-2H3,(H,9,11). The number of carbonyl (C=O) groups is 2. The molecular weight excluding hydrogens is 144 g/mol. The molecule has 0 fully saturated rings. The number of Topliss-reactive ketones (excluding diaryl/α,β-unsaturated/α-hetero) is 1. The number of nitrogens with two attached hydrogens (primary N) is 1. The third-order valence-corrected chi connectivity index (χ3v) is 1.29. The molecule has 0 heterocycles. The van der Waals surface area contributed by atoms with E-state index < -0.39 is 0 Å². The van der Waals surface area contributed by atoms with Crippen molar-refractivity contribution in [3.05, 3.63) is 0 Å². The van der Waals surface area contributed by atoms with Crippen molar-refractivity contribution in [3.8, 4) is 0 Å². The summed E-state index contributed by atoms with van der Waals surface area (Å²) in [6.07, 6.45) is 0. The lowest BCUT2D eigenvalue weighted by atomic mass is 10.1. The SMILES string of the molecule is CC(C)C(=O)CNC(=O)CN. The fourth-order valence-corrected chi connectivity index (χ4v) is 0.462. The molecule has 4 heteroatoms. The maximum Gasteiger partial charge on any atom is 0.234 e.